The largest absolute Gasteiger partial charge is 0.465 e. The highest BCUT2D eigenvalue weighted by atomic mass is 16.5. The van der Waals surface area contributed by atoms with E-state index in [1.807, 2.05) is 36.4 Å². The zero-order valence-electron chi connectivity index (χ0n) is 12.6. The number of aromatic nitrogens is 3. The summed E-state index contributed by atoms with van der Waals surface area (Å²) in [6.45, 7) is 0.505. The third-order valence-electron chi connectivity index (χ3n) is 3.50. The topological polar surface area (TPSA) is 83.0 Å². The van der Waals surface area contributed by atoms with Gasteiger partial charge in [-0.05, 0) is 29.8 Å². The van der Waals surface area contributed by atoms with E-state index in [9.17, 15) is 4.79 Å². The summed E-state index contributed by atoms with van der Waals surface area (Å²) in [6.07, 6.45) is 1.70. The first-order chi connectivity index (χ1) is 11.2. The minimum Gasteiger partial charge on any atom is -0.465 e. The molecule has 0 saturated carbocycles. The average Bonchev–Trinajstić information content (AvgIpc) is 3.03. The van der Waals surface area contributed by atoms with Crippen molar-refractivity contribution in [3.05, 3.63) is 65.9 Å². The van der Waals surface area contributed by atoms with Gasteiger partial charge in [0.05, 0.1) is 31.1 Å². The van der Waals surface area contributed by atoms with Crippen LogP contribution >= 0.6 is 0 Å². The molecule has 0 atom stereocenters. The molecule has 0 aliphatic rings. The first kappa shape index (κ1) is 14.8. The predicted octanol–water partition coefficient (Wildman–Crippen LogP) is 2.36. The van der Waals surface area contributed by atoms with E-state index < -0.39 is 0 Å². The number of methoxy groups -OCH3 is 1. The van der Waals surface area contributed by atoms with Crippen LogP contribution in [0.25, 0.3) is 11.3 Å². The Labute approximate surface area is 133 Å². The summed E-state index contributed by atoms with van der Waals surface area (Å²) in [4.78, 5) is 11.6. The van der Waals surface area contributed by atoms with Crippen LogP contribution in [0.3, 0.4) is 0 Å². The number of hydrogen-bond donors (Lipinski definition) is 1. The Morgan fingerprint density at radius 1 is 1.22 bits per heavy atom. The van der Waals surface area contributed by atoms with Gasteiger partial charge in [-0.2, -0.15) is 0 Å². The second-order valence-corrected chi connectivity index (χ2v) is 5.09. The Bertz CT molecular complexity index is 825. The fourth-order valence-electron chi connectivity index (χ4n) is 2.34. The van der Waals surface area contributed by atoms with Gasteiger partial charge in [-0.3, -0.25) is 0 Å². The van der Waals surface area contributed by atoms with E-state index >= 15 is 0 Å². The molecule has 1 heterocycles. The number of nitrogens with zero attached hydrogens (tertiary/aromatic N) is 3. The fourth-order valence-corrected chi connectivity index (χ4v) is 2.34. The molecule has 0 saturated heterocycles. The van der Waals surface area contributed by atoms with Crippen molar-refractivity contribution in [2.75, 3.05) is 12.8 Å². The summed E-state index contributed by atoms with van der Waals surface area (Å²) < 4.78 is 6.52. The molecule has 1 aromatic heterocycles. The van der Waals surface area contributed by atoms with E-state index in [-0.39, 0.29) is 5.97 Å². The van der Waals surface area contributed by atoms with Crippen LogP contribution in [-0.2, 0) is 11.3 Å². The number of esters is 1. The van der Waals surface area contributed by atoms with Crippen molar-refractivity contribution in [2.45, 2.75) is 6.54 Å². The van der Waals surface area contributed by atoms with Gasteiger partial charge in [-0.25, -0.2) is 9.48 Å². The van der Waals surface area contributed by atoms with Gasteiger partial charge >= 0.3 is 5.97 Å². The lowest BCUT2D eigenvalue weighted by Gasteiger charge is -2.08. The van der Waals surface area contributed by atoms with Crippen molar-refractivity contribution < 1.29 is 9.53 Å². The van der Waals surface area contributed by atoms with Gasteiger partial charge < -0.3 is 10.5 Å². The van der Waals surface area contributed by atoms with Crippen molar-refractivity contribution >= 4 is 11.7 Å². The number of nitrogen functional groups attached to an aromatic ring is 1. The Kier molecular flexibility index (Phi) is 4.05. The number of anilines is 1. The number of nitrogens with two attached hydrogens (primary N) is 1. The molecule has 0 radical (unpaired) electrons. The SMILES string of the molecule is COC(=O)c1cccc(Cn2nncc2-c2ccc(N)cc2)c1. The fraction of sp³-hybridized carbons (Fsp3) is 0.118. The summed E-state index contributed by atoms with van der Waals surface area (Å²) in [5, 5.41) is 8.11. The molecule has 116 valence electrons. The van der Waals surface area contributed by atoms with E-state index in [4.69, 9.17) is 10.5 Å². The summed E-state index contributed by atoms with van der Waals surface area (Å²) in [5.41, 5.74) is 9.74. The lowest BCUT2D eigenvalue weighted by molar-refractivity contribution is 0.0600. The van der Waals surface area contributed by atoms with Gasteiger partial charge in [0, 0.05) is 11.3 Å². The molecular formula is C17H16N4O2. The number of hydrogen-bond acceptors (Lipinski definition) is 5. The van der Waals surface area contributed by atoms with E-state index in [2.05, 4.69) is 10.3 Å². The molecule has 23 heavy (non-hydrogen) atoms. The van der Waals surface area contributed by atoms with Crippen LogP contribution in [0.4, 0.5) is 5.69 Å². The van der Waals surface area contributed by atoms with E-state index in [0.717, 1.165) is 16.8 Å². The standard InChI is InChI=1S/C17H16N4O2/c1-23-17(22)14-4-2-3-12(9-14)11-21-16(10-19-20-21)13-5-7-15(18)8-6-13/h2-10H,11,18H2,1H3. The van der Waals surface area contributed by atoms with Gasteiger partial charge in [0.2, 0.25) is 0 Å². The lowest BCUT2D eigenvalue weighted by atomic mass is 10.1. The minimum absolute atomic E-state index is 0.357. The normalized spacial score (nSPS) is 10.5. The molecule has 2 N–H and O–H groups in total. The molecule has 3 rings (SSSR count). The zero-order valence-corrected chi connectivity index (χ0v) is 12.6. The first-order valence-corrected chi connectivity index (χ1v) is 7.09. The summed E-state index contributed by atoms with van der Waals surface area (Å²) in [5.74, 6) is -0.357. The maximum atomic E-state index is 11.6. The number of carbonyl (C=O) groups excluding carboxylic acids is 1. The van der Waals surface area contributed by atoms with Crippen LogP contribution in [0.15, 0.2) is 54.7 Å². The third-order valence-corrected chi connectivity index (χ3v) is 3.50. The molecule has 0 spiro atoms. The maximum Gasteiger partial charge on any atom is 0.337 e. The summed E-state index contributed by atoms with van der Waals surface area (Å²) in [6, 6.07) is 14.8. The van der Waals surface area contributed by atoms with Crippen LogP contribution in [0.5, 0.6) is 0 Å². The van der Waals surface area contributed by atoms with Crippen molar-refractivity contribution in [3.8, 4) is 11.3 Å². The summed E-state index contributed by atoms with van der Waals surface area (Å²) in [7, 11) is 1.37. The van der Waals surface area contributed by atoms with Gasteiger partial charge in [-0.1, -0.05) is 29.5 Å². The monoisotopic (exact) mass is 308 g/mol. The minimum atomic E-state index is -0.357. The molecule has 6 heteroatoms. The number of benzene rings is 2. The quantitative estimate of drug-likeness (QED) is 0.591. The van der Waals surface area contributed by atoms with E-state index in [0.29, 0.717) is 17.8 Å². The molecular weight excluding hydrogens is 292 g/mol. The van der Waals surface area contributed by atoms with Crippen LogP contribution < -0.4 is 5.73 Å². The molecule has 2 aromatic carbocycles. The second kappa shape index (κ2) is 6.31. The maximum absolute atomic E-state index is 11.6. The van der Waals surface area contributed by atoms with Crippen LogP contribution in [0.1, 0.15) is 15.9 Å². The van der Waals surface area contributed by atoms with Crippen molar-refractivity contribution in [3.63, 3.8) is 0 Å². The molecule has 0 fully saturated rings. The molecule has 6 nitrogen and oxygen atoms in total. The highest BCUT2D eigenvalue weighted by Crippen LogP contribution is 2.20. The number of carbonyl (C=O) groups is 1. The Morgan fingerprint density at radius 3 is 2.74 bits per heavy atom. The van der Waals surface area contributed by atoms with Gasteiger partial charge in [0.25, 0.3) is 0 Å². The van der Waals surface area contributed by atoms with Gasteiger partial charge in [-0.15, -0.1) is 5.10 Å². The molecule has 0 unspecified atom stereocenters. The third kappa shape index (κ3) is 3.21. The second-order valence-electron chi connectivity index (χ2n) is 5.09. The van der Waals surface area contributed by atoms with Crippen molar-refractivity contribution in [2.24, 2.45) is 0 Å². The molecule has 0 aliphatic carbocycles. The highest BCUT2D eigenvalue weighted by Gasteiger charge is 2.10. The Balaban J connectivity index is 1.89. The lowest BCUT2D eigenvalue weighted by Crippen LogP contribution is -2.06. The van der Waals surface area contributed by atoms with Crippen LogP contribution in [-0.4, -0.2) is 28.1 Å². The predicted molar refractivity (Wildman–Crippen MR) is 86.8 cm³/mol. The number of ether oxygens (including phenoxy) is 1. The molecule has 3 aromatic rings. The van der Waals surface area contributed by atoms with Gasteiger partial charge in [0.15, 0.2) is 0 Å². The zero-order chi connectivity index (χ0) is 16.2. The van der Waals surface area contributed by atoms with E-state index in [1.54, 1.807) is 23.0 Å². The molecule has 0 aliphatic heterocycles. The molecule has 0 bridgehead atoms. The Morgan fingerprint density at radius 2 is 2.00 bits per heavy atom. The molecule has 0 amide bonds. The van der Waals surface area contributed by atoms with Crippen molar-refractivity contribution in [1.82, 2.24) is 15.0 Å². The van der Waals surface area contributed by atoms with Crippen LogP contribution in [0.2, 0.25) is 0 Å². The number of rotatable bonds is 4. The van der Waals surface area contributed by atoms with Crippen LogP contribution in [0, 0.1) is 0 Å². The summed E-state index contributed by atoms with van der Waals surface area (Å²) >= 11 is 0. The smallest absolute Gasteiger partial charge is 0.337 e. The van der Waals surface area contributed by atoms with Gasteiger partial charge in [0.1, 0.15) is 0 Å². The Hall–Kier alpha value is -3.15. The van der Waals surface area contributed by atoms with Crippen molar-refractivity contribution in [1.29, 1.82) is 0 Å². The highest BCUT2D eigenvalue weighted by molar-refractivity contribution is 5.89. The average molecular weight is 308 g/mol. The van der Waals surface area contributed by atoms with E-state index in [1.165, 1.54) is 7.11 Å². The first-order valence-electron chi connectivity index (χ1n) is 7.09.